The van der Waals surface area contributed by atoms with Gasteiger partial charge in [-0.25, -0.2) is 13.4 Å². The van der Waals surface area contributed by atoms with E-state index in [0.29, 0.717) is 36.4 Å². The number of piperidine rings is 1. The first-order chi connectivity index (χ1) is 12.9. The maximum Gasteiger partial charge on any atom is 0.243 e. The van der Waals surface area contributed by atoms with Crippen LogP contribution in [0.5, 0.6) is 0 Å². The lowest BCUT2D eigenvalue weighted by Crippen LogP contribution is -2.44. The molecule has 1 fully saturated rings. The molecule has 0 radical (unpaired) electrons. The highest BCUT2D eigenvalue weighted by Crippen LogP contribution is 2.24. The van der Waals surface area contributed by atoms with Crippen LogP contribution in [0.3, 0.4) is 0 Å². The zero-order chi connectivity index (χ0) is 19.9. The zero-order valence-electron chi connectivity index (χ0n) is 17.0. The number of nitrogens with one attached hydrogen (secondary N) is 2. The molecule has 0 spiro atoms. The molecule has 1 aliphatic rings. The first kappa shape index (κ1) is 21.7. The van der Waals surface area contributed by atoms with Crippen LogP contribution in [0.2, 0.25) is 0 Å². The predicted octanol–water partition coefficient (Wildman–Crippen LogP) is 2.96. The molecule has 1 heterocycles. The van der Waals surface area contributed by atoms with Gasteiger partial charge in [0.2, 0.25) is 10.0 Å². The molecule has 0 bridgehead atoms. The highest BCUT2D eigenvalue weighted by Gasteiger charge is 2.27. The molecule has 1 aromatic rings. The number of hydrogen-bond donors (Lipinski definition) is 2. The van der Waals surface area contributed by atoms with Gasteiger partial charge in [-0.2, -0.15) is 4.31 Å². The number of guanidine groups is 1. The number of nitrogens with zero attached hydrogens (tertiary/aromatic N) is 2. The fourth-order valence-corrected chi connectivity index (χ4v) is 4.73. The molecule has 2 N–H and O–H groups in total. The Kier molecular flexibility index (Phi) is 8.10. The normalized spacial score (nSPS) is 17.7. The molecule has 0 aliphatic carbocycles. The summed E-state index contributed by atoms with van der Waals surface area (Å²) in [4.78, 5) is 5.02. The summed E-state index contributed by atoms with van der Waals surface area (Å²) in [5, 5.41) is 6.63. The fraction of sp³-hybridized carbons (Fsp3) is 0.650. The van der Waals surface area contributed by atoms with Gasteiger partial charge < -0.3 is 10.6 Å². The van der Waals surface area contributed by atoms with Crippen molar-refractivity contribution < 1.29 is 8.42 Å². The smallest absolute Gasteiger partial charge is 0.243 e. The second-order valence-electron chi connectivity index (χ2n) is 7.44. The third kappa shape index (κ3) is 5.94. The largest absolute Gasteiger partial charge is 0.357 e. The lowest BCUT2D eigenvalue weighted by molar-refractivity contribution is 0.346. The minimum atomic E-state index is -3.47. The van der Waals surface area contributed by atoms with Crippen LogP contribution in [0.25, 0.3) is 0 Å². The van der Waals surface area contributed by atoms with Crippen molar-refractivity contribution in [3.63, 3.8) is 0 Å². The lowest BCUT2D eigenvalue weighted by atomic mass is 10.1. The lowest BCUT2D eigenvalue weighted by Gasteiger charge is -2.26. The van der Waals surface area contributed by atoms with E-state index in [1.54, 1.807) is 16.4 Å². The van der Waals surface area contributed by atoms with Crippen LogP contribution < -0.4 is 10.6 Å². The molecule has 152 valence electrons. The van der Waals surface area contributed by atoms with Crippen LogP contribution in [0.1, 0.15) is 52.5 Å². The van der Waals surface area contributed by atoms with Crippen molar-refractivity contribution in [3.8, 4) is 0 Å². The quantitative estimate of drug-likeness (QED) is 0.551. The molecule has 2 rings (SSSR count). The third-order valence-corrected chi connectivity index (χ3v) is 7.02. The zero-order valence-corrected chi connectivity index (χ0v) is 17.8. The third-order valence-electron chi connectivity index (χ3n) is 5.02. The van der Waals surface area contributed by atoms with E-state index in [1.165, 1.54) is 0 Å². The molecule has 0 amide bonds. The van der Waals surface area contributed by atoms with Gasteiger partial charge in [-0.3, -0.25) is 0 Å². The van der Waals surface area contributed by atoms with E-state index in [4.69, 9.17) is 0 Å². The van der Waals surface area contributed by atoms with Crippen LogP contribution in [-0.4, -0.2) is 44.4 Å². The van der Waals surface area contributed by atoms with Crippen molar-refractivity contribution in [2.75, 3.05) is 19.6 Å². The van der Waals surface area contributed by atoms with Crippen molar-refractivity contribution in [3.05, 3.63) is 29.8 Å². The van der Waals surface area contributed by atoms with E-state index in [-0.39, 0.29) is 6.04 Å². The van der Waals surface area contributed by atoms with E-state index in [2.05, 4.69) is 36.4 Å². The van der Waals surface area contributed by atoms with E-state index in [9.17, 15) is 8.42 Å². The molecule has 1 aliphatic heterocycles. The van der Waals surface area contributed by atoms with Gasteiger partial charge in [0.15, 0.2) is 5.96 Å². The topological polar surface area (TPSA) is 73.8 Å². The van der Waals surface area contributed by atoms with E-state index < -0.39 is 10.0 Å². The fourth-order valence-electron chi connectivity index (χ4n) is 3.00. The van der Waals surface area contributed by atoms with Crippen LogP contribution >= 0.6 is 0 Å². The summed E-state index contributed by atoms with van der Waals surface area (Å²) in [5.41, 5.74) is 0.734. The molecule has 1 atom stereocenters. The molecule has 6 nitrogen and oxygen atoms in total. The molecule has 1 unspecified atom stereocenters. The first-order valence-corrected chi connectivity index (χ1v) is 11.4. The van der Waals surface area contributed by atoms with Crippen LogP contribution in [0.4, 0.5) is 0 Å². The van der Waals surface area contributed by atoms with Crippen LogP contribution in [-0.2, 0) is 16.6 Å². The molecule has 0 aromatic heterocycles. The van der Waals surface area contributed by atoms with E-state index >= 15 is 0 Å². The van der Waals surface area contributed by atoms with Crippen molar-refractivity contribution in [1.29, 1.82) is 0 Å². The summed E-state index contributed by atoms with van der Waals surface area (Å²) in [7, 11) is -3.47. The SMILES string of the molecule is CCNC(=NCc1ccccc1S(=O)(=O)N1CCCCC1)NC(C)C(C)C. The van der Waals surface area contributed by atoms with Crippen molar-refractivity contribution in [2.45, 2.75) is 64.4 Å². The minimum absolute atomic E-state index is 0.273. The van der Waals surface area contributed by atoms with Crippen molar-refractivity contribution in [2.24, 2.45) is 10.9 Å². The van der Waals surface area contributed by atoms with Gasteiger partial charge in [0.25, 0.3) is 0 Å². The molecule has 1 saturated heterocycles. The van der Waals surface area contributed by atoms with E-state index in [0.717, 1.165) is 31.4 Å². The summed E-state index contributed by atoms with van der Waals surface area (Å²) in [6.45, 7) is 10.7. The summed E-state index contributed by atoms with van der Waals surface area (Å²) in [6, 6.07) is 7.49. The Bertz CT molecular complexity index is 725. The molecular weight excluding hydrogens is 360 g/mol. The predicted molar refractivity (Wildman–Crippen MR) is 111 cm³/mol. The van der Waals surface area contributed by atoms with Gasteiger partial charge in [0, 0.05) is 25.7 Å². The summed E-state index contributed by atoms with van der Waals surface area (Å²) >= 11 is 0. The monoisotopic (exact) mass is 394 g/mol. The average molecular weight is 395 g/mol. The first-order valence-electron chi connectivity index (χ1n) is 9.99. The summed E-state index contributed by atoms with van der Waals surface area (Å²) in [5.74, 6) is 1.18. The Labute approximate surface area is 164 Å². The van der Waals surface area contributed by atoms with Gasteiger partial charge in [-0.1, -0.05) is 38.5 Å². The van der Waals surface area contributed by atoms with Crippen LogP contribution in [0, 0.1) is 5.92 Å². The molecule has 27 heavy (non-hydrogen) atoms. The standard InChI is InChI=1S/C20H34N4O2S/c1-5-21-20(23-17(4)16(2)3)22-15-18-11-7-8-12-19(18)27(25,26)24-13-9-6-10-14-24/h7-8,11-12,16-17H,5-6,9-10,13-15H2,1-4H3,(H2,21,22,23). The molecule has 7 heteroatoms. The van der Waals surface area contributed by atoms with Gasteiger partial charge in [-0.05, 0) is 44.2 Å². The second kappa shape index (κ2) is 10.1. The number of sulfonamides is 1. The Hall–Kier alpha value is -1.60. The maximum atomic E-state index is 13.1. The Balaban J connectivity index is 2.23. The molecule has 1 aromatic carbocycles. The van der Waals surface area contributed by atoms with Crippen molar-refractivity contribution in [1.82, 2.24) is 14.9 Å². The van der Waals surface area contributed by atoms with Crippen LogP contribution in [0.15, 0.2) is 34.2 Å². The van der Waals surface area contributed by atoms with Gasteiger partial charge in [0.1, 0.15) is 0 Å². The summed E-state index contributed by atoms with van der Waals surface area (Å²) in [6.07, 6.45) is 2.96. The highest BCUT2D eigenvalue weighted by atomic mass is 32.2. The average Bonchev–Trinajstić information content (AvgIpc) is 2.67. The number of aliphatic imine (C=N–C) groups is 1. The number of hydrogen-bond acceptors (Lipinski definition) is 3. The molecule has 0 saturated carbocycles. The Morgan fingerprint density at radius 3 is 2.44 bits per heavy atom. The summed E-state index contributed by atoms with van der Waals surface area (Å²) < 4.78 is 27.8. The maximum absolute atomic E-state index is 13.1. The Morgan fingerprint density at radius 1 is 1.15 bits per heavy atom. The molecular formula is C20H34N4O2S. The van der Waals surface area contributed by atoms with Gasteiger partial charge in [0.05, 0.1) is 11.4 Å². The number of rotatable bonds is 7. The van der Waals surface area contributed by atoms with Gasteiger partial charge >= 0.3 is 0 Å². The van der Waals surface area contributed by atoms with E-state index in [1.807, 2.05) is 19.1 Å². The van der Waals surface area contributed by atoms with Gasteiger partial charge in [-0.15, -0.1) is 0 Å². The Morgan fingerprint density at radius 2 is 1.81 bits per heavy atom. The second-order valence-corrected chi connectivity index (χ2v) is 9.35. The number of benzene rings is 1. The van der Waals surface area contributed by atoms with Crippen molar-refractivity contribution >= 4 is 16.0 Å². The minimum Gasteiger partial charge on any atom is -0.357 e. The highest BCUT2D eigenvalue weighted by molar-refractivity contribution is 7.89.